The van der Waals surface area contributed by atoms with Gasteiger partial charge in [0.25, 0.3) is 0 Å². The molecule has 0 bridgehead atoms. The molecule has 0 radical (unpaired) electrons. The molecule has 174 valence electrons. The molecule has 0 aromatic heterocycles. The minimum atomic E-state index is -4.06. The van der Waals surface area contributed by atoms with E-state index in [2.05, 4.69) is 4.99 Å². The maximum Gasteiger partial charge on any atom is 0.388 e. The van der Waals surface area contributed by atoms with Crippen molar-refractivity contribution in [2.45, 2.75) is 27.7 Å². The van der Waals surface area contributed by atoms with E-state index in [0.29, 0.717) is 0 Å². The van der Waals surface area contributed by atoms with Gasteiger partial charge in [-0.25, -0.2) is 4.99 Å². The summed E-state index contributed by atoms with van der Waals surface area (Å²) in [6, 6.07) is 19.2. The monoisotopic (exact) mass is 479 g/mol. The molecule has 9 heteroatoms. The van der Waals surface area contributed by atoms with Crippen molar-refractivity contribution >= 4 is 26.0 Å². The van der Waals surface area contributed by atoms with Crippen molar-refractivity contribution in [2.24, 2.45) is 4.99 Å². The number of hydrogen-bond donors (Lipinski definition) is 0. The van der Waals surface area contributed by atoms with Crippen LogP contribution < -0.4 is 0 Å². The van der Waals surface area contributed by atoms with E-state index in [-0.39, 0.29) is 31.6 Å². The van der Waals surface area contributed by atoms with Crippen LogP contribution in [-0.2, 0) is 27.2 Å². The van der Waals surface area contributed by atoms with Crippen LogP contribution in [0.4, 0.5) is 0 Å². The van der Waals surface area contributed by atoms with Gasteiger partial charge in [-0.1, -0.05) is 60.7 Å². The molecular weight excluding hydrogens is 448 g/mol. The highest BCUT2D eigenvalue weighted by molar-refractivity contribution is 7.98. The molecule has 0 aliphatic heterocycles. The summed E-state index contributed by atoms with van der Waals surface area (Å²) in [6.07, 6.45) is 1.51. The Hall–Kier alpha value is -1.85. The molecule has 0 amide bonds. The van der Waals surface area contributed by atoms with Gasteiger partial charge in [0.1, 0.15) is 0 Å². The molecule has 0 N–H and O–H groups in total. The third-order valence-corrected chi connectivity index (χ3v) is 9.24. The molecule has 0 aliphatic rings. The van der Waals surface area contributed by atoms with Crippen LogP contribution in [0.3, 0.4) is 0 Å². The van der Waals surface area contributed by atoms with Crippen molar-refractivity contribution in [3.05, 3.63) is 78.0 Å². The van der Waals surface area contributed by atoms with Crippen molar-refractivity contribution in [3.8, 4) is 0 Å². The molecule has 0 atom stereocenters. The van der Waals surface area contributed by atoms with Crippen LogP contribution in [-0.4, -0.2) is 31.6 Å². The van der Waals surface area contributed by atoms with E-state index in [9.17, 15) is 9.13 Å². The Morgan fingerprint density at radius 3 is 1.34 bits per heavy atom. The Morgan fingerprint density at radius 2 is 1.03 bits per heavy atom. The van der Waals surface area contributed by atoms with Crippen molar-refractivity contribution in [3.63, 3.8) is 0 Å². The van der Waals surface area contributed by atoms with Gasteiger partial charge in [-0.2, -0.15) is 0 Å². The van der Waals surface area contributed by atoms with Gasteiger partial charge in [0.05, 0.1) is 26.4 Å². The van der Waals surface area contributed by atoms with E-state index in [1.165, 1.54) is 6.20 Å². The van der Waals surface area contributed by atoms with Gasteiger partial charge in [-0.3, -0.25) is 9.13 Å². The lowest BCUT2D eigenvalue weighted by Crippen LogP contribution is -2.12. The van der Waals surface area contributed by atoms with Crippen LogP contribution in [0.5, 0.6) is 0 Å². The second-order valence-corrected chi connectivity index (χ2v) is 10.6. The largest absolute Gasteiger partial charge is 0.388 e. The molecule has 0 saturated carbocycles. The lowest BCUT2D eigenvalue weighted by molar-refractivity contribution is 0.224. The third kappa shape index (κ3) is 6.82. The molecule has 2 aromatic rings. The van der Waals surface area contributed by atoms with Crippen LogP contribution in [0.25, 0.3) is 5.57 Å². The SMILES string of the molecule is CCOP(=O)(OCC)C(=NC=C(c1ccccc1)c1ccccc1)P(=O)(OCC)OCC. The number of hydrogen-bond acceptors (Lipinski definition) is 7. The van der Waals surface area contributed by atoms with E-state index >= 15 is 0 Å². The number of aliphatic imine (C=N–C) groups is 1. The van der Waals surface area contributed by atoms with Crippen molar-refractivity contribution in [1.29, 1.82) is 0 Å². The number of rotatable bonds is 13. The molecule has 0 unspecified atom stereocenters. The second kappa shape index (κ2) is 13.0. The molecule has 2 rings (SSSR count). The number of nitrogens with zero attached hydrogens (tertiary/aromatic N) is 1. The van der Waals surface area contributed by atoms with Gasteiger partial charge < -0.3 is 18.1 Å². The van der Waals surface area contributed by atoms with E-state index in [1.54, 1.807) is 27.7 Å². The Bertz CT molecular complexity index is 899. The first-order valence-corrected chi connectivity index (χ1v) is 13.7. The van der Waals surface area contributed by atoms with E-state index in [0.717, 1.165) is 16.7 Å². The van der Waals surface area contributed by atoms with Gasteiger partial charge in [0.2, 0.25) is 5.19 Å². The highest BCUT2D eigenvalue weighted by Gasteiger charge is 2.47. The fraction of sp³-hybridized carbons (Fsp3) is 0.348. The summed E-state index contributed by atoms with van der Waals surface area (Å²) in [4.78, 5) is 4.42. The van der Waals surface area contributed by atoms with E-state index in [4.69, 9.17) is 18.1 Å². The molecule has 2 aromatic carbocycles. The second-order valence-electron chi connectivity index (χ2n) is 6.37. The average Bonchev–Trinajstić information content (AvgIpc) is 2.78. The van der Waals surface area contributed by atoms with Crippen LogP contribution in [0.2, 0.25) is 0 Å². The minimum Gasteiger partial charge on any atom is -0.304 e. The van der Waals surface area contributed by atoms with Crippen LogP contribution in [0.1, 0.15) is 38.8 Å². The lowest BCUT2D eigenvalue weighted by atomic mass is 9.99. The Kier molecular flexibility index (Phi) is 10.7. The normalized spacial score (nSPS) is 11.8. The predicted octanol–water partition coefficient (Wildman–Crippen LogP) is 6.96. The van der Waals surface area contributed by atoms with Gasteiger partial charge in [-0.15, -0.1) is 0 Å². The quantitative estimate of drug-likeness (QED) is 0.228. The highest BCUT2D eigenvalue weighted by Crippen LogP contribution is 2.66. The first-order chi connectivity index (χ1) is 15.4. The average molecular weight is 479 g/mol. The summed E-state index contributed by atoms with van der Waals surface area (Å²) < 4.78 is 49.1. The summed E-state index contributed by atoms with van der Waals surface area (Å²) in [7, 11) is -8.11. The first-order valence-electron chi connectivity index (χ1n) is 10.6. The Labute approximate surface area is 190 Å². The minimum absolute atomic E-state index is 0.0719. The fourth-order valence-corrected chi connectivity index (χ4v) is 7.21. The molecule has 0 spiro atoms. The zero-order valence-corrected chi connectivity index (χ0v) is 20.8. The molecule has 0 fully saturated rings. The van der Waals surface area contributed by atoms with Gasteiger partial charge in [0.15, 0.2) is 0 Å². The molecular formula is C23H31NO6P2. The summed E-state index contributed by atoms with van der Waals surface area (Å²) in [5.74, 6) is 0. The maximum absolute atomic E-state index is 13.7. The van der Waals surface area contributed by atoms with Crippen molar-refractivity contribution in [1.82, 2.24) is 0 Å². The Morgan fingerprint density at radius 1 is 0.688 bits per heavy atom. The van der Waals surface area contributed by atoms with Crippen LogP contribution in [0, 0.1) is 0 Å². The topological polar surface area (TPSA) is 83.4 Å². The van der Waals surface area contributed by atoms with Crippen LogP contribution >= 0.6 is 15.2 Å². The van der Waals surface area contributed by atoms with Crippen molar-refractivity contribution in [2.75, 3.05) is 26.4 Å². The smallest absolute Gasteiger partial charge is 0.304 e. The highest BCUT2D eigenvalue weighted by atomic mass is 31.2. The van der Waals surface area contributed by atoms with Gasteiger partial charge in [-0.05, 0) is 38.8 Å². The lowest BCUT2D eigenvalue weighted by Gasteiger charge is -2.24. The summed E-state index contributed by atoms with van der Waals surface area (Å²) in [5.41, 5.74) is 2.50. The first kappa shape index (κ1) is 26.4. The van der Waals surface area contributed by atoms with Gasteiger partial charge >= 0.3 is 15.2 Å². The third-order valence-electron chi connectivity index (χ3n) is 4.16. The maximum atomic E-state index is 13.7. The predicted molar refractivity (Wildman–Crippen MR) is 129 cm³/mol. The molecule has 0 saturated heterocycles. The zero-order valence-electron chi connectivity index (χ0n) is 19.0. The standard InChI is InChI=1S/C23H31NO6P2/c1-5-27-31(25,28-6-2)23(32(26,29-7-3)30-8-4)24-19-22(20-15-11-9-12-16-20)21-17-13-10-14-18-21/h9-19H,5-8H2,1-4H3. The molecule has 0 aliphatic carbocycles. The molecule has 0 heterocycles. The summed E-state index contributed by atoms with van der Waals surface area (Å²) in [6.45, 7) is 6.97. The Balaban J connectivity index is 2.77. The summed E-state index contributed by atoms with van der Waals surface area (Å²) in [5, 5.41) is -0.359. The van der Waals surface area contributed by atoms with E-state index < -0.39 is 15.2 Å². The summed E-state index contributed by atoms with van der Waals surface area (Å²) >= 11 is 0. The van der Waals surface area contributed by atoms with Gasteiger partial charge in [0, 0.05) is 11.8 Å². The zero-order chi connectivity index (χ0) is 23.5. The fourth-order valence-electron chi connectivity index (χ4n) is 2.95. The molecule has 7 nitrogen and oxygen atoms in total. The van der Waals surface area contributed by atoms with Crippen molar-refractivity contribution < 1.29 is 27.2 Å². The number of benzene rings is 2. The van der Waals surface area contributed by atoms with Crippen LogP contribution in [0.15, 0.2) is 71.9 Å². The molecule has 32 heavy (non-hydrogen) atoms. The van der Waals surface area contributed by atoms with E-state index in [1.807, 2.05) is 60.7 Å².